The molecule has 0 saturated carbocycles. The van der Waals surface area contributed by atoms with Gasteiger partial charge < -0.3 is 19.8 Å². The lowest BCUT2D eigenvalue weighted by atomic mass is 10.1. The van der Waals surface area contributed by atoms with Crippen molar-refractivity contribution in [3.8, 4) is 0 Å². The van der Waals surface area contributed by atoms with E-state index in [0.29, 0.717) is 6.42 Å². The molecule has 2 heterocycles. The van der Waals surface area contributed by atoms with Gasteiger partial charge in [0.2, 0.25) is 0 Å². The van der Waals surface area contributed by atoms with Gasteiger partial charge in [0.05, 0.1) is 17.8 Å². The third-order valence-corrected chi connectivity index (χ3v) is 6.33. The number of ether oxygens (including phenoxy) is 1. The molecule has 10 heteroatoms. The van der Waals surface area contributed by atoms with Crippen LogP contribution in [0.2, 0.25) is 0 Å². The minimum Gasteiger partial charge on any atom is -0.459 e. The van der Waals surface area contributed by atoms with E-state index in [1.54, 1.807) is 30.3 Å². The van der Waals surface area contributed by atoms with Crippen molar-refractivity contribution in [2.75, 3.05) is 18.1 Å². The van der Waals surface area contributed by atoms with Crippen LogP contribution in [0, 0.1) is 0 Å². The first-order valence-electron chi connectivity index (χ1n) is 9.37. The van der Waals surface area contributed by atoms with Crippen LogP contribution in [0.4, 0.5) is 0 Å². The fraction of sp³-hybridized carbons (Fsp3) is 0.350. The second kappa shape index (κ2) is 9.57. The lowest BCUT2D eigenvalue weighted by Gasteiger charge is -2.18. The quantitative estimate of drug-likeness (QED) is 0.577. The van der Waals surface area contributed by atoms with Crippen molar-refractivity contribution < 1.29 is 32.0 Å². The molecule has 1 aliphatic rings. The van der Waals surface area contributed by atoms with E-state index in [4.69, 9.17) is 9.15 Å². The molecule has 2 aromatic rings. The molecule has 1 fully saturated rings. The van der Waals surface area contributed by atoms with Gasteiger partial charge in [-0.05, 0) is 24.1 Å². The van der Waals surface area contributed by atoms with E-state index in [1.807, 2.05) is 6.07 Å². The van der Waals surface area contributed by atoms with E-state index in [2.05, 4.69) is 10.6 Å². The smallest absolute Gasteiger partial charge is 0.329 e. The van der Waals surface area contributed by atoms with Crippen LogP contribution in [0.15, 0.2) is 53.1 Å². The molecule has 3 rings (SSSR count). The fourth-order valence-corrected chi connectivity index (χ4v) is 4.77. The van der Waals surface area contributed by atoms with Crippen LogP contribution in [0.1, 0.15) is 22.5 Å². The Morgan fingerprint density at radius 2 is 1.90 bits per heavy atom. The number of benzene rings is 1. The molecular formula is C20H22N2O7S. The number of carbonyl (C=O) groups is 3. The van der Waals surface area contributed by atoms with Crippen LogP contribution in [-0.4, -0.2) is 56.4 Å². The predicted molar refractivity (Wildman–Crippen MR) is 106 cm³/mol. The van der Waals surface area contributed by atoms with Gasteiger partial charge in [0.15, 0.2) is 22.2 Å². The number of amides is 2. The molecule has 30 heavy (non-hydrogen) atoms. The number of furan rings is 1. The minimum absolute atomic E-state index is 0.0235. The van der Waals surface area contributed by atoms with E-state index >= 15 is 0 Å². The highest BCUT2D eigenvalue weighted by atomic mass is 32.2. The molecule has 1 aromatic carbocycles. The van der Waals surface area contributed by atoms with Crippen molar-refractivity contribution in [3.63, 3.8) is 0 Å². The molecule has 0 aliphatic carbocycles. The number of esters is 1. The Balaban J connectivity index is 1.58. The molecule has 2 atom stereocenters. The molecule has 0 radical (unpaired) electrons. The maximum atomic E-state index is 12.6. The maximum absolute atomic E-state index is 12.6. The highest BCUT2D eigenvalue weighted by molar-refractivity contribution is 7.91. The van der Waals surface area contributed by atoms with Crippen molar-refractivity contribution in [3.05, 3.63) is 60.1 Å². The standard InChI is InChI=1S/C20H22N2O7S/c23-18(21-15-8-10-30(26,27)13-15)12-29-20(25)16(11-14-5-2-1-3-6-14)22-19(24)17-7-4-9-28-17/h1-7,9,15-16H,8,10-13H2,(H,21,23)(H,22,24)/t15-,16-/m0/s1. The molecule has 0 bridgehead atoms. The van der Waals surface area contributed by atoms with Crippen molar-refractivity contribution in [1.29, 1.82) is 0 Å². The van der Waals surface area contributed by atoms with E-state index < -0.39 is 46.3 Å². The largest absolute Gasteiger partial charge is 0.459 e. The van der Waals surface area contributed by atoms with Gasteiger partial charge in [0, 0.05) is 12.5 Å². The highest BCUT2D eigenvalue weighted by Gasteiger charge is 2.30. The Kier molecular flexibility index (Phi) is 6.88. The van der Waals surface area contributed by atoms with Gasteiger partial charge in [-0.25, -0.2) is 13.2 Å². The number of sulfone groups is 1. The number of carbonyl (C=O) groups excluding carboxylic acids is 3. The summed E-state index contributed by atoms with van der Waals surface area (Å²) in [6.07, 6.45) is 1.83. The molecule has 1 aromatic heterocycles. The number of nitrogens with one attached hydrogen (secondary N) is 2. The number of hydrogen-bond donors (Lipinski definition) is 2. The Morgan fingerprint density at radius 3 is 2.53 bits per heavy atom. The van der Waals surface area contributed by atoms with Crippen molar-refractivity contribution in [1.82, 2.24) is 10.6 Å². The first-order valence-corrected chi connectivity index (χ1v) is 11.2. The molecule has 0 spiro atoms. The molecule has 9 nitrogen and oxygen atoms in total. The predicted octanol–water partition coefficient (Wildman–Crippen LogP) is 0.467. The van der Waals surface area contributed by atoms with Crippen molar-refractivity contribution >= 4 is 27.6 Å². The summed E-state index contributed by atoms with van der Waals surface area (Å²) in [5, 5.41) is 5.10. The highest BCUT2D eigenvalue weighted by Crippen LogP contribution is 2.11. The zero-order valence-corrected chi connectivity index (χ0v) is 16.9. The summed E-state index contributed by atoms with van der Waals surface area (Å²) >= 11 is 0. The Bertz CT molecular complexity index is 987. The van der Waals surface area contributed by atoms with E-state index in [0.717, 1.165) is 5.56 Å². The van der Waals surface area contributed by atoms with Crippen LogP contribution in [-0.2, 0) is 30.6 Å². The monoisotopic (exact) mass is 434 g/mol. The topological polar surface area (TPSA) is 132 Å². The zero-order chi connectivity index (χ0) is 21.6. The van der Waals surface area contributed by atoms with Gasteiger partial charge in [0.1, 0.15) is 6.04 Å². The molecule has 2 N–H and O–H groups in total. The normalized spacial score (nSPS) is 18.3. The minimum atomic E-state index is -3.13. The van der Waals surface area contributed by atoms with Gasteiger partial charge in [-0.1, -0.05) is 30.3 Å². The average molecular weight is 434 g/mol. The summed E-state index contributed by atoms with van der Waals surface area (Å²) in [6, 6.07) is 10.5. The Hall–Kier alpha value is -3.14. The number of hydrogen-bond acceptors (Lipinski definition) is 7. The third kappa shape index (κ3) is 6.18. The van der Waals surface area contributed by atoms with E-state index in [9.17, 15) is 22.8 Å². The summed E-state index contributed by atoms with van der Waals surface area (Å²) in [5.41, 5.74) is 0.791. The van der Waals surface area contributed by atoms with Crippen LogP contribution in [0.5, 0.6) is 0 Å². The van der Waals surface area contributed by atoms with Gasteiger partial charge in [-0.15, -0.1) is 0 Å². The molecule has 160 valence electrons. The van der Waals surface area contributed by atoms with Crippen molar-refractivity contribution in [2.45, 2.75) is 24.9 Å². The van der Waals surface area contributed by atoms with E-state index in [-0.39, 0.29) is 23.7 Å². The van der Waals surface area contributed by atoms with Crippen molar-refractivity contribution in [2.24, 2.45) is 0 Å². The van der Waals surface area contributed by atoms with Crippen LogP contribution < -0.4 is 10.6 Å². The average Bonchev–Trinajstić information content (AvgIpc) is 3.36. The molecule has 1 aliphatic heterocycles. The van der Waals surface area contributed by atoms with E-state index in [1.165, 1.54) is 12.3 Å². The van der Waals surface area contributed by atoms with Gasteiger partial charge in [-0.3, -0.25) is 9.59 Å². The summed E-state index contributed by atoms with van der Waals surface area (Å²) in [7, 11) is -3.13. The van der Waals surface area contributed by atoms with Gasteiger partial charge in [-0.2, -0.15) is 0 Å². The molecule has 0 unspecified atom stereocenters. The van der Waals surface area contributed by atoms with Gasteiger partial charge >= 0.3 is 5.97 Å². The summed E-state index contributed by atoms with van der Waals surface area (Å²) < 4.78 is 33.0. The summed E-state index contributed by atoms with van der Waals surface area (Å²) in [6.45, 7) is -0.572. The summed E-state index contributed by atoms with van der Waals surface area (Å²) in [4.78, 5) is 36.9. The summed E-state index contributed by atoms with van der Waals surface area (Å²) in [5.74, 6) is -2.02. The maximum Gasteiger partial charge on any atom is 0.329 e. The van der Waals surface area contributed by atoms with Gasteiger partial charge in [0.25, 0.3) is 11.8 Å². The Morgan fingerprint density at radius 1 is 1.13 bits per heavy atom. The lowest BCUT2D eigenvalue weighted by molar-refractivity contribution is -0.150. The zero-order valence-electron chi connectivity index (χ0n) is 16.1. The lowest BCUT2D eigenvalue weighted by Crippen LogP contribution is -2.45. The first-order chi connectivity index (χ1) is 14.3. The number of rotatable bonds is 8. The van der Waals surface area contributed by atoms with Crippen LogP contribution in [0.25, 0.3) is 0 Å². The first kappa shape index (κ1) is 21.6. The SMILES string of the molecule is O=C(COC(=O)[C@H](Cc1ccccc1)NC(=O)c1ccco1)N[C@H]1CCS(=O)(=O)C1. The third-order valence-electron chi connectivity index (χ3n) is 4.56. The molecular weight excluding hydrogens is 412 g/mol. The Labute approximate surface area is 173 Å². The van der Waals surface area contributed by atoms with Crippen LogP contribution >= 0.6 is 0 Å². The molecule has 2 amide bonds. The molecule has 1 saturated heterocycles. The second-order valence-corrected chi connectivity index (χ2v) is 9.20. The second-order valence-electron chi connectivity index (χ2n) is 6.97. The van der Waals surface area contributed by atoms with Crippen LogP contribution in [0.3, 0.4) is 0 Å². The fourth-order valence-electron chi connectivity index (χ4n) is 3.10.